The third-order valence-electron chi connectivity index (χ3n) is 3.03. The van der Waals surface area contributed by atoms with E-state index in [0.29, 0.717) is 19.3 Å². The van der Waals surface area contributed by atoms with Gasteiger partial charge in [-0.3, -0.25) is 19.2 Å². The van der Waals surface area contributed by atoms with E-state index in [9.17, 15) is 19.2 Å². The lowest BCUT2D eigenvalue weighted by Gasteiger charge is -2.11. The number of methoxy groups -OCH3 is 1. The molecule has 0 heterocycles. The molecule has 0 fully saturated rings. The summed E-state index contributed by atoms with van der Waals surface area (Å²) in [5.74, 6) is -3.18. The largest absolute Gasteiger partial charge is 0.469 e. The number of carbonyl (C=O) groups is 4. The highest BCUT2D eigenvalue weighted by Crippen LogP contribution is 2.12. The Bertz CT molecular complexity index is 374. The lowest BCUT2D eigenvalue weighted by atomic mass is 9.95. The van der Waals surface area contributed by atoms with Crippen molar-refractivity contribution in [2.75, 3.05) is 13.7 Å². The Morgan fingerprint density at radius 3 is 2.00 bits per heavy atom. The number of carbonyl (C=O) groups excluding carboxylic acids is 4. The normalized spacial score (nSPS) is 11.6. The number of ether oxygens (including phenoxy) is 2. The van der Waals surface area contributed by atoms with Crippen LogP contribution in [0.25, 0.3) is 0 Å². The van der Waals surface area contributed by atoms with Crippen LogP contribution in [0.2, 0.25) is 0 Å². The molecule has 0 saturated heterocycles. The van der Waals surface area contributed by atoms with Gasteiger partial charge in [-0.1, -0.05) is 12.8 Å². The van der Waals surface area contributed by atoms with Crippen LogP contribution in [-0.2, 0) is 28.7 Å². The highest BCUT2D eigenvalue weighted by molar-refractivity contribution is 6.16. The Labute approximate surface area is 125 Å². The minimum Gasteiger partial charge on any atom is -0.469 e. The summed E-state index contributed by atoms with van der Waals surface area (Å²) in [7, 11) is 1.35. The molecule has 0 aliphatic heterocycles. The van der Waals surface area contributed by atoms with Crippen molar-refractivity contribution in [3.05, 3.63) is 0 Å². The van der Waals surface area contributed by atoms with Gasteiger partial charge in [-0.25, -0.2) is 0 Å². The monoisotopic (exact) mass is 300 g/mol. The first-order valence-electron chi connectivity index (χ1n) is 7.20. The first-order chi connectivity index (χ1) is 9.93. The summed E-state index contributed by atoms with van der Waals surface area (Å²) in [4.78, 5) is 45.7. The molecular weight excluding hydrogens is 276 g/mol. The standard InChI is InChI=1S/C15H24O6/c1-4-21-15(19)14(11(2)16)12(17)9-7-5-6-8-10-13(18)20-3/h14H,4-10H2,1-3H3. The number of hydrogen-bond acceptors (Lipinski definition) is 6. The molecule has 0 aliphatic rings. The van der Waals surface area contributed by atoms with Crippen molar-refractivity contribution >= 4 is 23.5 Å². The molecule has 0 aromatic rings. The Balaban J connectivity index is 4.02. The Morgan fingerprint density at radius 1 is 0.952 bits per heavy atom. The van der Waals surface area contributed by atoms with E-state index < -0.39 is 23.5 Å². The fourth-order valence-corrected chi connectivity index (χ4v) is 1.92. The Kier molecular flexibility index (Phi) is 10.1. The molecule has 0 N–H and O–H groups in total. The summed E-state index contributed by atoms with van der Waals surface area (Å²) in [5.41, 5.74) is 0. The van der Waals surface area contributed by atoms with Gasteiger partial charge in [-0.05, 0) is 26.7 Å². The summed E-state index contributed by atoms with van der Waals surface area (Å²) in [6.45, 7) is 2.99. The fraction of sp³-hybridized carbons (Fsp3) is 0.733. The number of Topliss-reactive ketones (excluding diaryl/α,β-unsaturated/α-hetero) is 2. The number of ketones is 2. The molecule has 0 spiro atoms. The SMILES string of the molecule is CCOC(=O)C(C(C)=O)C(=O)CCCCCCC(=O)OC. The minimum absolute atomic E-state index is 0.142. The van der Waals surface area contributed by atoms with Crippen LogP contribution in [0.15, 0.2) is 0 Å². The zero-order valence-corrected chi connectivity index (χ0v) is 13.0. The third-order valence-corrected chi connectivity index (χ3v) is 3.03. The zero-order chi connectivity index (χ0) is 16.3. The van der Waals surface area contributed by atoms with Crippen molar-refractivity contribution in [3.63, 3.8) is 0 Å². The molecule has 0 saturated carbocycles. The zero-order valence-electron chi connectivity index (χ0n) is 13.0. The van der Waals surface area contributed by atoms with Crippen LogP contribution >= 0.6 is 0 Å². The molecule has 21 heavy (non-hydrogen) atoms. The van der Waals surface area contributed by atoms with Gasteiger partial charge in [0.15, 0.2) is 17.5 Å². The number of rotatable bonds is 11. The summed E-state index contributed by atoms with van der Waals surface area (Å²) in [6.07, 6.45) is 3.38. The molecule has 1 atom stereocenters. The molecule has 6 heteroatoms. The van der Waals surface area contributed by atoms with Crippen LogP contribution < -0.4 is 0 Å². The summed E-state index contributed by atoms with van der Waals surface area (Å²) < 4.78 is 9.26. The maximum Gasteiger partial charge on any atom is 0.324 e. The average Bonchev–Trinajstić information content (AvgIpc) is 2.42. The van der Waals surface area contributed by atoms with Crippen molar-refractivity contribution in [2.24, 2.45) is 5.92 Å². The van der Waals surface area contributed by atoms with Crippen molar-refractivity contribution < 1.29 is 28.7 Å². The van der Waals surface area contributed by atoms with Crippen LogP contribution in [0, 0.1) is 5.92 Å². The molecule has 6 nitrogen and oxygen atoms in total. The fourth-order valence-electron chi connectivity index (χ4n) is 1.92. The Morgan fingerprint density at radius 2 is 1.52 bits per heavy atom. The van der Waals surface area contributed by atoms with E-state index in [1.807, 2.05) is 0 Å². The van der Waals surface area contributed by atoms with Crippen molar-refractivity contribution in [3.8, 4) is 0 Å². The van der Waals surface area contributed by atoms with Gasteiger partial charge >= 0.3 is 11.9 Å². The van der Waals surface area contributed by atoms with Crippen LogP contribution in [0.5, 0.6) is 0 Å². The average molecular weight is 300 g/mol. The molecule has 0 aliphatic carbocycles. The van der Waals surface area contributed by atoms with Gasteiger partial charge in [0.05, 0.1) is 13.7 Å². The van der Waals surface area contributed by atoms with Gasteiger partial charge in [0.2, 0.25) is 0 Å². The summed E-state index contributed by atoms with van der Waals surface area (Å²) >= 11 is 0. The molecule has 0 radical (unpaired) electrons. The highest BCUT2D eigenvalue weighted by atomic mass is 16.5. The quantitative estimate of drug-likeness (QED) is 0.329. The molecular formula is C15H24O6. The molecule has 0 aromatic heterocycles. The summed E-state index contributed by atoms with van der Waals surface area (Å²) in [5, 5.41) is 0. The first-order valence-corrected chi connectivity index (χ1v) is 7.20. The lowest BCUT2D eigenvalue weighted by molar-refractivity contribution is -0.154. The van der Waals surface area contributed by atoms with Gasteiger partial charge in [0.25, 0.3) is 0 Å². The van der Waals surface area contributed by atoms with Gasteiger partial charge in [0, 0.05) is 12.8 Å². The molecule has 0 rings (SSSR count). The minimum atomic E-state index is -1.29. The van der Waals surface area contributed by atoms with Gasteiger partial charge in [0.1, 0.15) is 0 Å². The van der Waals surface area contributed by atoms with Crippen molar-refractivity contribution in [1.29, 1.82) is 0 Å². The molecule has 120 valence electrons. The molecule has 0 aromatic carbocycles. The Hall–Kier alpha value is -1.72. The van der Waals surface area contributed by atoms with E-state index in [0.717, 1.165) is 12.8 Å². The topological polar surface area (TPSA) is 86.7 Å². The van der Waals surface area contributed by atoms with Crippen molar-refractivity contribution in [2.45, 2.75) is 52.4 Å². The van der Waals surface area contributed by atoms with E-state index in [1.54, 1.807) is 6.92 Å². The predicted molar refractivity (Wildman–Crippen MR) is 75.5 cm³/mol. The lowest BCUT2D eigenvalue weighted by Crippen LogP contribution is -2.32. The second-order valence-electron chi connectivity index (χ2n) is 4.75. The van der Waals surface area contributed by atoms with E-state index in [4.69, 9.17) is 4.74 Å². The second-order valence-corrected chi connectivity index (χ2v) is 4.75. The number of unbranched alkanes of at least 4 members (excludes halogenated alkanes) is 3. The van der Waals surface area contributed by atoms with Gasteiger partial charge < -0.3 is 9.47 Å². The molecule has 0 amide bonds. The van der Waals surface area contributed by atoms with Gasteiger partial charge in [-0.2, -0.15) is 0 Å². The maximum atomic E-state index is 11.9. The number of esters is 2. The van der Waals surface area contributed by atoms with E-state index in [2.05, 4.69) is 4.74 Å². The van der Waals surface area contributed by atoms with Crippen LogP contribution in [-0.4, -0.2) is 37.2 Å². The van der Waals surface area contributed by atoms with Crippen LogP contribution in [0.4, 0.5) is 0 Å². The van der Waals surface area contributed by atoms with Crippen molar-refractivity contribution in [1.82, 2.24) is 0 Å². The smallest absolute Gasteiger partial charge is 0.324 e. The first kappa shape index (κ1) is 19.3. The molecule has 0 bridgehead atoms. The van der Waals surface area contributed by atoms with E-state index in [-0.39, 0.29) is 19.0 Å². The predicted octanol–water partition coefficient (Wildman–Crippen LogP) is 1.84. The second kappa shape index (κ2) is 11.0. The maximum absolute atomic E-state index is 11.9. The van der Waals surface area contributed by atoms with Crippen LogP contribution in [0.3, 0.4) is 0 Å². The highest BCUT2D eigenvalue weighted by Gasteiger charge is 2.31. The molecule has 1 unspecified atom stereocenters. The summed E-state index contributed by atoms with van der Waals surface area (Å²) in [6, 6.07) is 0. The van der Waals surface area contributed by atoms with E-state index in [1.165, 1.54) is 14.0 Å². The third kappa shape index (κ3) is 8.22. The number of hydrogen-bond donors (Lipinski definition) is 0. The van der Waals surface area contributed by atoms with Crippen LogP contribution in [0.1, 0.15) is 52.4 Å². The van der Waals surface area contributed by atoms with Gasteiger partial charge in [-0.15, -0.1) is 0 Å². The van der Waals surface area contributed by atoms with E-state index >= 15 is 0 Å².